The number of hydrogen-bond donors (Lipinski definition) is 2. The van der Waals surface area contributed by atoms with Gasteiger partial charge in [0.05, 0.1) is 18.9 Å². The van der Waals surface area contributed by atoms with Gasteiger partial charge >= 0.3 is 0 Å². The van der Waals surface area contributed by atoms with E-state index in [9.17, 15) is 4.79 Å². The summed E-state index contributed by atoms with van der Waals surface area (Å²) in [6.07, 6.45) is 6.33. The number of aryl methyl sites for hydroxylation is 1. The fourth-order valence-corrected chi connectivity index (χ4v) is 4.28. The van der Waals surface area contributed by atoms with Crippen LogP contribution in [0.5, 0.6) is 0 Å². The summed E-state index contributed by atoms with van der Waals surface area (Å²) in [7, 11) is 0. The van der Waals surface area contributed by atoms with E-state index >= 15 is 0 Å². The molecule has 7 heteroatoms. The third-order valence-corrected chi connectivity index (χ3v) is 5.84. The number of nitrogens with zero attached hydrogens (tertiary/aromatic N) is 2. The van der Waals surface area contributed by atoms with Gasteiger partial charge < -0.3 is 15.4 Å². The molecule has 0 atom stereocenters. The van der Waals surface area contributed by atoms with Gasteiger partial charge in [0.25, 0.3) is 5.91 Å². The quantitative estimate of drug-likeness (QED) is 0.822. The normalized spacial score (nSPS) is 20.0. The first-order chi connectivity index (χ1) is 11.7. The van der Waals surface area contributed by atoms with Crippen molar-refractivity contribution in [3.05, 3.63) is 10.6 Å². The van der Waals surface area contributed by atoms with E-state index in [0.717, 1.165) is 48.6 Å². The average Bonchev–Trinajstić information content (AvgIpc) is 2.97. The smallest absolute Gasteiger partial charge is 0.263 e. The number of anilines is 1. The predicted octanol–water partition coefficient (Wildman–Crippen LogP) is 2.26. The van der Waals surface area contributed by atoms with E-state index in [1.54, 1.807) is 0 Å². The van der Waals surface area contributed by atoms with E-state index in [-0.39, 0.29) is 5.91 Å². The summed E-state index contributed by atoms with van der Waals surface area (Å²) < 4.78 is 5.33. The maximum atomic E-state index is 12.4. The van der Waals surface area contributed by atoms with Crippen LogP contribution in [0.3, 0.4) is 0 Å². The number of aromatic nitrogens is 1. The molecule has 0 bridgehead atoms. The van der Waals surface area contributed by atoms with Crippen LogP contribution in [-0.2, 0) is 4.74 Å². The van der Waals surface area contributed by atoms with E-state index < -0.39 is 0 Å². The Morgan fingerprint density at radius 2 is 2.04 bits per heavy atom. The summed E-state index contributed by atoms with van der Waals surface area (Å²) >= 11 is 1.48. The summed E-state index contributed by atoms with van der Waals surface area (Å²) in [6, 6.07) is 0.515. The molecule has 1 aromatic rings. The number of carbonyl (C=O) groups excluding carboxylic acids is 1. The highest BCUT2D eigenvalue weighted by atomic mass is 32.1. The van der Waals surface area contributed by atoms with Gasteiger partial charge in [-0.05, 0) is 19.8 Å². The van der Waals surface area contributed by atoms with Gasteiger partial charge in [0.1, 0.15) is 4.88 Å². The Hall–Kier alpha value is -1.18. The van der Waals surface area contributed by atoms with E-state index in [2.05, 4.69) is 20.5 Å². The Labute approximate surface area is 148 Å². The second kappa shape index (κ2) is 8.78. The monoisotopic (exact) mass is 352 g/mol. The van der Waals surface area contributed by atoms with Gasteiger partial charge in [-0.1, -0.05) is 30.6 Å². The number of hydrogen-bond acceptors (Lipinski definition) is 6. The second-order valence-electron chi connectivity index (χ2n) is 6.62. The van der Waals surface area contributed by atoms with Crippen LogP contribution in [-0.4, -0.2) is 61.2 Å². The number of morpholine rings is 1. The molecule has 1 aliphatic carbocycles. The molecule has 1 saturated heterocycles. The zero-order valence-corrected chi connectivity index (χ0v) is 15.3. The molecule has 0 unspecified atom stereocenters. The molecule has 0 aromatic carbocycles. The minimum Gasteiger partial charge on any atom is -0.379 e. The van der Waals surface area contributed by atoms with E-state index in [1.807, 2.05) is 6.92 Å². The largest absolute Gasteiger partial charge is 0.379 e. The van der Waals surface area contributed by atoms with Crippen LogP contribution in [0, 0.1) is 6.92 Å². The van der Waals surface area contributed by atoms with Crippen LogP contribution in [0.2, 0.25) is 0 Å². The lowest BCUT2D eigenvalue weighted by Crippen LogP contribution is -2.41. The van der Waals surface area contributed by atoms with Gasteiger partial charge in [0.15, 0.2) is 5.13 Å². The standard InChI is InChI=1S/C17H28N4O2S/c1-13-15(16(22)18-7-8-21-9-11-23-12-10-21)24-17(19-13)20-14-5-3-2-4-6-14/h14H,2-12H2,1H3,(H,18,22)(H,19,20). The topological polar surface area (TPSA) is 66.5 Å². The molecule has 0 spiro atoms. The van der Waals surface area contributed by atoms with Crippen LogP contribution >= 0.6 is 11.3 Å². The van der Waals surface area contributed by atoms with Gasteiger partial charge in [-0.3, -0.25) is 9.69 Å². The molecular weight excluding hydrogens is 324 g/mol. The lowest BCUT2D eigenvalue weighted by molar-refractivity contribution is 0.0383. The number of thiazole rings is 1. The summed E-state index contributed by atoms with van der Waals surface area (Å²) in [6.45, 7) is 6.94. The molecule has 1 saturated carbocycles. The van der Waals surface area contributed by atoms with Crippen molar-refractivity contribution >= 4 is 22.4 Å². The van der Waals surface area contributed by atoms with Crippen molar-refractivity contribution in [2.24, 2.45) is 0 Å². The van der Waals surface area contributed by atoms with Crippen LogP contribution in [0.15, 0.2) is 0 Å². The van der Waals surface area contributed by atoms with Gasteiger partial charge in [0, 0.05) is 32.2 Å². The van der Waals surface area contributed by atoms with Gasteiger partial charge in [-0.2, -0.15) is 0 Å². The highest BCUT2D eigenvalue weighted by molar-refractivity contribution is 7.17. The zero-order chi connectivity index (χ0) is 16.8. The molecule has 3 rings (SSSR count). The maximum Gasteiger partial charge on any atom is 0.263 e. The van der Waals surface area contributed by atoms with Crippen molar-refractivity contribution in [2.75, 3.05) is 44.7 Å². The molecule has 1 aliphatic heterocycles. The number of carbonyl (C=O) groups is 1. The van der Waals surface area contributed by atoms with Crippen LogP contribution in [0.1, 0.15) is 47.5 Å². The summed E-state index contributed by atoms with van der Waals surface area (Å²) in [5, 5.41) is 7.42. The highest BCUT2D eigenvalue weighted by Gasteiger charge is 2.19. The Morgan fingerprint density at radius 1 is 1.29 bits per heavy atom. The van der Waals surface area contributed by atoms with Crippen molar-refractivity contribution < 1.29 is 9.53 Å². The molecule has 134 valence electrons. The minimum atomic E-state index is -0.00467. The van der Waals surface area contributed by atoms with Crippen LogP contribution < -0.4 is 10.6 Å². The molecule has 24 heavy (non-hydrogen) atoms. The molecule has 1 amide bonds. The number of ether oxygens (including phenoxy) is 1. The third-order valence-electron chi connectivity index (χ3n) is 4.75. The molecule has 0 radical (unpaired) electrons. The van der Waals surface area contributed by atoms with Gasteiger partial charge in [-0.15, -0.1) is 0 Å². The van der Waals surface area contributed by atoms with Crippen LogP contribution in [0.4, 0.5) is 5.13 Å². The lowest BCUT2D eigenvalue weighted by Gasteiger charge is -2.26. The molecule has 2 N–H and O–H groups in total. The van der Waals surface area contributed by atoms with Crippen molar-refractivity contribution in [1.29, 1.82) is 0 Å². The maximum absolute atomic E-state index is 12.4. The molecule has 2 fully saturated rings. The number of rotatable bonds is 6. The van der Waals surface area contributed by atoms with Crippen LogP contribution in [0.25, 0.3) is 0 Å². The number of nitrogens with one attached hydrogen (secondary N) is 2. The van der Waals surface area contributed by atoms with Crippen molar-refractivity contribution in [3.8, 4) is 0 Å². The van der Waals surface area contributed by atoms with E-state index in [0.29, 0.717) is 12.6 Å². The molecular formula is C17H28N4O2S. The highest BCUT2D eigenvalue weighted by Crippen LogP contribution is 2.26. The van der Waals surface area contributed by atoms with Gasteiger partial charge in [0.2, 0.25) is 0 Å². The summed E-state index contributed by atoms with van der Waals surface area (Å²) in [5.74, 6) is -0.00467. The second-order valence-corrected chi connectivity index (χ2v) is 7.62. The summed E-state index contributed by atoms with van der Waals surface area (Å²) in [5.41, 5.74) is 0.821. The Bertz CT molecular complexity index is 537. The molecule has 2 aliphatic rings. The molecule has 2 heterocycles. The first-order valence-corrected chi connectivity index (χ1v) is 9.86. The van der Waals surface area contributed by atoms with Gasteiger partial charge in [-0.25, -0.2) is 4.98 Å². The lowest BCUT2D eigenvalue weighted by atomic mass is 9.96. The fraction of sp³-hybridized carbons (Fsp3) is 0.765. The Balaban J connectivity index is 1.47. The minimum absolute atomic E-state index is 0.00467. The fourth-order valence-electron chi connectivity index (χ4n) is 3.32. The first kappa shape index (κ1) is 17.6. The van der Waals surface area contributed by atoms with E-state index in [1.165, 1.54) is 43.4 Å². The van der Waals surface area contributed by atoms with Crippen molar-refractivity contribution in [3.63, 3.8) is 0 Å². The van der Waals surface area contributed by atoms with Crippen molar-refractivity contribution in [1.82, 2.24) is 15.2 Å². The zero-order valence-electron chi connectivity index (χ0n) is 14.5. The molecule has 6 nitrogen and oxygen atoms in total. The van der Waals surface area contributed by atoms with E-state index in [4.69, 9.17) is 4.74 Å². The SMILES string of the molecule is Cc1nc(NC2CCCCC2)sc1C(=O)NCCN1CCOCC1. The number of amides is 1. The molecule has 1 aromatic heterocycles. The Kier molecular flexibility index (Phi) is 6.45. The average molecular weight is 353 g/mol. The third kappa shape index (κ3) is 4.91. The Morgan fingerprint density at radius 3 is 2.79 bits per heavy atom. The summed E-state index contributed by atoms with van der Waals surface area (Å²) in [4.78, 5) is 20.0. The van der Waals surface area contributed by atoms with Crippen molar-refractivity contribution in [2.45, 2.75) is 45.1 Å². The predicted molar refractivity (Wildman–Crippen MR) is 96.9 cm³/mol. The first-order valence-electron chi connectivity index (χ1n) is 9.04.